The molecule has 1 amide bonds. The largest absolute Gasteiger partial charge is 0.471 e. The minimum atomic E-state index is -4.96. The zero-order valence-corrected chi connectivity index (χ0v) is 14.0. The number of pyridine rings is 1. The number of nitrogens with one attached hydrogen (secondary N) is 1. The molecule has 4 nitrogen and oxygen atoms in total. The molecule has 1 N–H and O–H groups in total. The first kappa shape index (κ1) is 18.4. The molecule has 0 aliphatic heterocycles. The zero-order valence-electron chi connectivity index (χ0n) is 14.0. The van der Waals surface area contributed by atoms with E-state index in [2.05, 4.69) is 4.98 Å². The molecular weight excluding hydrogens is 357 g/mol. The number of halogens is 3. The molecule has 1 heterocycles. The van der Waals surface area contributed by atoms with E-state index in [4.69, 9.17) is 4.74 Å². The Morgan fingerprint density at radius 2 is 1.44 bits per heavy atom. The van der Waals surface area contributed by atoms with Crippen LogP contribution in [0, 0.1) is 0 Å². The van der Waals surface area contributed by atoms with Gasteiger partial charge >= 0.3 is 12.1 Å². The van der Waals surface area contributed by atoms with E-state index in [9.17, 15) is 18.0 Å². The van der Waals surface area contributed by atoms with Crippen LogP contribution in [0.1, 0.15) is 17.2 Å². The first-order chi connectivity index (χ1) is 12.9. The Morgan fingerprint density at radius 3 is 1.89 bits per heavy atom. The van der Waals surface area contributed by atoms with E-state index >= 15 is 0 Å². The van der Waals surface area contributed by atoms with Crippen molar-refractivity contribution in [2.24, 2.45) is 0 Å². The number of amides is 1. The Balaban J connectivity index is 1.80. The number of benzene rings is 2. The predicted octanol–water partition coefficient (Wildman–Crippen LogP) is 4.75. The first-order valence-electron chi connectivity index (χ1n) is 8.04. The summed E-state index contributed by atoms with van der Waals surface area (Å²) in [6, 6.07) is 21.7. The van der Waals surface area contributed by atoms with E-state index in [0.717, 1.165) is 17.3 Å². The molecule has 0 radical (unpaired) electrons. The molecule has 0 saturated carbocycles. The van der Waals surface area contributed by atoms with Gasteiger partial charge in [-0.1, -0.05) is 60.7 Å². The second kappa shape index (κ2) is 7.90. The van der Waals surface area contributed by atoms with E-state index in [1.54, 1.807) is 5.32 Å². The third kappa shape index (κ3) is 4.84. The summed E-state index contributed by atoms with van der Waals surface area (Å²) in [6.07, 6.45) is -4.28. The predicted molar refractivity (Wildman–Crippen MR) is 94.3 cm³/mol. The van der Waals surface area contributed by atoms with Gasteiger partial charge in [-0.2, -0.15) is 13.2 Å². The van der Waals surface area contributed by atoms with E-state index < -0.39 is 18.2 Å². The lowest BCUT2D eigenvalue weighted by molar-refractivity contribution is -0.167. The van der Waals surface area contributed by atoms with Gasteiger partial charge < -0.3 is 10.1 Å². The normalized spacial score (nSPS) is 11.3. The maximum atomic E-state index is 12.3. The summed E-state index contributed by atoms with van der Waals surface area (Å²) in [7, 11) is 0. The van der Waals surface area contributed by atoms with Crippen LogP contribution in [0.2, 0.25) is 0 Å². The lowest BCUT2D eigenvalue weighted by atomic mass is 10.0. The van der Waals surface area contributed by atoms with Crippen molar-refractivity contribution >= 4 is 11.6 Å². The van der Waals surface area contributed by atoms with E-state index in [-0.39, 0.29) is 11.6 Å². The van der Waals surface area contributed by atoms with Crippen molar-refractivity contribution in [2.75, 3.05) is 5.32 Å². The van der Waals surface area contributed by atoms with Crippen molar-refractivity contribution in [1.29, 1.82) is 0 Å². The molecule has 0 aliphatic carbocycles. The van der Waals surface area contributed by atoms with Crippen LogP contribution in [-0.2, 0) is 4.79 Å². The van der Waals surface area contributed by atoms with Gasteiger partial charge in [0.15, 0.2) is 6.10 Å². The number of alkyl halides is 3. The van der Waals surface area contributed by atoms with Gasteiger partial charge in [-0.15, -0.1) is 0 Å². The third-order valence-corrected chi connectivity index (χ3v) is 3.69. The van der Waals surface area contributed by atoms with Gasteiger partial charge in [0.05, 0.1) is 11.9 Å². The van der Waals surface area contributed by atoms with Gasteiger partial charge in [0.1, 0.15) is 0 Å². The number of hydrogen-bond acceptors (Lipinski definition) is 3. The second-order valence-corrected chi connectivity index (χ2v) is 5.66. The SMILES string of the molecule is O=C(Nc1ccc(OC(c2ccccc2)c2ccccc2)nc1)C(F)(F)F. The highest BCUT2D eigenvalue weighted by molar-refractivity contribution is 5.94. The highest BCUT2D eigenvalue weighted by Crippen LogP contribution is 2.28. The van der Waals surface area contributed by atoms with Crippen LogP contribution in [0.5, 0.6) is 5.88 Å². The van der Waals surface area contributed by atoms with Crippen molar-refractivity contribution in [3.63, 3.8) is 0 Å². The number of anilines is 1. The zero-order chi connectivity index (χ0) is 19.3. The molecule has 0 spiro atoms. The van der Waals surface area contributed by atoms with Gasteiger partial charge in [-0.25, -0.2) is 4.98 Å². The minimum Gasteiger partial charge on any atom is -0.465 e. The lowest BCUT2D eigenvalue weighted by Crippen LogP contribution is -2.29. The Morgan fingerprint density at radius 1 is 0.889 bits per heavy atom. The summed E-state index contributed by atoms with van der Waals surface area (Å²) in [5.74, 6) is -1.83. The van der Waals surface area contributed by atoms with Crippen LogP contribution < -0.4 is 10.1 Å². The Hall–Kier alpha value is -3.35. The average molecular weight is 372 g/mol. The number of ether oxygens (including phenoxy) is 1. The fourth-order valence-electron chi connectivity index (χ4n) is 2.43. The molecular formula is C20H15F3N2O2. The topological polar surface area (TPSA) is 51.2 Å². The quantitative estimate of drug-likeness (QED) is 0.703. The molecule has 7 heteroatoms. The van der Waals surface area contributed by atoms with E-state index in [0.29, 0.717) is 0 Å². The van der Waals surface area contributed by atoms with Gasteiger partial charge in [0.2, 0.25) is 5.88 Å². The van der Waals surface area contributed by atoms with Gasteiger partial charge in [0.25, 0.3) is 0 Å². The Labute approximate surface area is 153 Å². The van der Waals surface area contributed by atoms with Crippen molar-refractivity contribution in [2.45, 2.75) is 12.3 Å². The molecule has 0 bridgehead atoms. The van der Waals surface area contributed by atoms with Gasteiger partial charge in [-0.05, 0) is 17.2 Å². The fourth-order valence-corrected chi connectivity index (χ4v) is 2.43. The van der Waals surface area contributed by atoms with Crippen molar-refractivity contribution in [1.82, 2.24) is 4.98 Å². The molecule has 0 unspecified atom stereocenters. The van der Waals surface area contributed by atoms with Gasteiger partial charge in [-0.3, -0.25) is 4.79 Å². The average Bonchev–Trinajstić information content (AvgIpc) is 2.68. The Bertz CT molecular complexity index is 843. The molecule has 2 aromatic carbocycles. The molecule has 27 heavy (non-hydrogen) atoms. The van der Waals surface area contributed by atoms with Gasteiger partial charge in [0, 0.05) is 6.07 Å². The minimum absolute atomic E-state index is 0.0688. The number of carbonyl (C=O) groups is 1. The standard InChI is InChI=1S/C20H15F3N2O2/c21-20(22,23)19(26)25-16-11-12-17(24-13-16)27-18(14-7-3-1-4-8-14)15-9-5-2-6-10-15/h1-13,18H,(H,25,26). The molecule has 0 aliphatic rings. The van der Waals surface area contributed by atoms with Crippen LogP contribution in [0.4, 0.5) is 18.9 Å². The maximum absolute atomic E-state index is 12.3. The summed E-state index contributed by atoms with van der Waals surface area (Å²) in [6.45, 7) is 0. The summed E-state index contributed by atoms with van der Waals surface area (Å²) >= 11 is 0. The molecule has 1 aromatic heterocycles. The number of nitrogens with zero attached hydrogens (tertiary/aromatic N) is 1. The monoisotopic (exact) mass is 372 g/mol. The summed E-state index contributed by atoms with van der Waals surface area (Å²) in [5, 5.41) is 1.74. The maximum Gasteiger partial charge on any atom is 0.471 e. The Kier molecular flexibility index (Phi) is 5.40. The van der Waals surface area contributed by atoms with Crippen molar-refractivity contribution in [3.05, 3.63) is 90.1 Å². The molecule has 0 atom stereocenters. The summed E-state index contributed by atoms with van der Waals surface area (Å²) in [4.78, 5) is 15.0. The molecule has 138 valence electrons. The number of rotatable bonds is 5. The lowest BCUT2D eigenvalue weighted by Gasteiger charge is -2.19. The van der Waals surface area contributed by atoms with Crippen LogP contribution in [-0.4, -0.2) is 17.1 Å². The first-order valence-corrected chi connectivity index (χ1v) is 8.04. The third-order valence-electron chi connectivity index (χ3n) is 3.69. The van der Waals surface area contributed by atoms with Crippen LogP contribution in [0.3, 0.4) is 0 Å². The van der Waals surface area contributed by atoms with Crippen molar-refractivity contribution < 1.29 is 22.7 Å². The molecule has 3 rings (SSSR count). The highest BCUT2D eigenvalue weighted by atomic mass is 19.4. The smallest absolute Gasteiger partial charge is 0.465 e. The van der Waals surface area contributed by atoms with E-state index in [1.807, 2.05) is 60.7 Å². The number of aromatic nitrogens is 1. The van der Waals surface area contributed by atoms with Crippen molar-refractivity contribution in [3.8, 4) is 5.88 Å². The summed E-state index contributed by atoms with van der Waals surface area (Å²) in [5.41, 5.74) is 1.74. The molecule has 0 saturated heterocycles. The molecule has 0 fully saturated rings. The highest BCUT2D eigenvalue weighted by Gasteiger charge is 2.38. The van der Waals surface area contributed by atoms with Crippen LogP contribution in [0.25, 0.3) is 0 Å². The fraction of sp³-hybridized carbons (Fsp3) is 0.100. The second-order valence-electron chi connectivity index (χ2n) is 5.66. The summed E-state index contributed by atoms with van der Waals surface area (Å²) < 4.78 is 42.9. The number of carbonyl (C=O) groups excluding carboxylic acids is 1. The van der Waals surface area contributed by atoms with Crippen LogP contribution >= 0.6 is 0 Å². The van der Waals surface area contributed by atoms with Crippen LogP contribution in [0.15, 0.2) is 79.0 Å². The number of hydrogen-bond donors (Lipinski definition) is 1. The molecule has 3 aromatic rings. The van der Waals surface area contributed by atoms with E-state index in [1.165, 1.54) is 12.1 Å².